The molecule has 3 heterocycles. The van der Waals surface area contributed by atoms with E-state index in [1.807, 2.05) is 0 Å². The number of phenolic OH excluding ortho intramolecular Hbond substituents is 3. The third-order valence-corrected chi connectivity index (χ3v) is 8.82. The van der Waals surface area contributed by atoms with E-state index in [0.29, 0.717) is 0 Å². The van der Waals surface area contributed by atoms with Gasteiger partial charge in [0.1, 0.15) is 60.1 Å². The number of esters is 1. The minimum absolute atomic E-state index is 0.0661. The SMILES string of the molecule is COc1c(O)cc(O)c2c(=O)c(O[C@@H]3O[C@H](COC(=O)CC(C)(O)CC(=O)O)[C@@H](O)[C@H](O)[C@H]3O[C@@H]3O[C@H](C)[C@H](O)[C@@H](O)[C@H]3O)c(-c3ccc(O)cc3)oc12. The average Bonchev–Trinajstić information content (AvgIpc) is 3.09. The van der Waals surface area contributed by atoms with E-state index in [1.165, 1.54) is 31.2 Å². The number of hydrogen-bond donors (Lipinski definition) is 10. The van der Waals surface area contributed by atoms with Gasteiger partial charge in [-0.1, -0.05) is 0 Å². The number of benzene rings is 2. The molecule has 2 aliphatic rings. The summed E-state index contributed by atoms with van der Waals surface area (Å²) >= 11 is 0. The molecule has 2 fully saturated rings. The molecule has 1 aromatic heterocycles. The van der Waals surface area contributed by atoms with Crippen LogP contribution in [0.15, 0.2) is 39.5 Å². The Kier molecular flexibility index (Phi) is 11.9. The summed E-state index contributed by atoms with van der Waals surface area (Å²) in [5, 5.41) is 103. The topological polar surface area (TPSA) is 322 Å². The fraction of sp³-hybridized carbons (Fsp3) is 0.500. The number of aliphatic hydroxyl groups is 6. The van der Waals surface area contributed by atoms with E-state index in [9.17, 15) is 60.3 Å². The van der Waals surface area contributed by atoms with Gasteiger partial charge < -0.3 is 83.9 Å². The van der Waals surface area contributed by atoms with E-state index in [-0.39, 0.29) is 17.1 Å². The fourth-order valence-corrected chi connectivity index (χ4v) is 6.01. The van der Waals surface area contributed by atoms with Gasteiger partial charge in [0, 0.05) is 11.6 Å². The van der Waals surface area contributed by atoms with Crippen molar-refractivity contribution in [2.24, 2.45) is 0 Å². The van der Waals surface area contributed by atoms with Crippen LogP contribution in [0.1, 0.15) is 26.7 Å². The van der Waals surface area contributed by atoms with Crippen LogP contribution in [0.4, 0.5) is 0 Å². The van der Waals surface area contributed by atoms with Crippen LogP contribution in [0.3, 0.4) is 0 Å². The summed E-state index contributed by atoms with van der Waals surface area (Å²) < 4.78 is 39.4. The predicted octanol–water partition coefficient (Wildman–Crippen LogP) is -1.22. The monoisotopic (exact) mass is 768 g/mol. The van der Waals surface area contributed by atoms with Gasteiger partial charge in [-0.25, -0.2) is 0 Å². The summed E-state index contributed by atoms with van der Waals surface area (Å²) in [4.78, 5) is 37.8. The van der Waals surface area contributed by atoms with Gasteiger partial charge >= 0.3 is 11.9 Å². The Balaban J connectivity index is 1.57. The number of carbonyl (C=O) groups is 2. The molecular weight excluding hydrogens is 728 g/mol. The second-order valence-corrected chi connectivity index (χ2v) is 13.1. The van der Waals surface area contributed by atoms with Crippen LogP contribution in [0.5, 0.6) is 28.7 Å². The molecule has 10 N–H and O–H groups in total. The first-order valence-corrected chi connectivity index (χ1v) is 16.4. The molecule has 20 heteroatoms. The number of phenols is 3. The van der Waals surface area contributed by atoms with Gasteiger partial charge in [-0.05, 0) is 38.1 Å². The Morgan fingerprint density at radius 1 is 0.852 bits per heavy atom. The van der Waals surface area contributed by atoms with E-state index in [2.05, 4.69) is 0 Å². The molecule has 2 saturated heterocycles. The summed E-state index contributed by atoms with van der Waals surface area (Å²) in [5.41, 5.74) is -3.50. The highest BCUT2D eigenvalue weighted by molar-refractivity contribution is 5.93. The second kappa shape index (κ2) is 15.9. The molecule has 0 amide bonds. The smallest absolute Gasteiger partial charge is 0.308 e. The molecule has 296 valence electrons. The lowest BCUT2D eigenvalue weighted by molar-refractivity contribution is -0.354. The molecule has 1 unspecified atom stereocenters. The van der Waals surface area contributed by atoms with Crippen molar-refractivity contribution in [2.45, 2.75) is 93.7 Å². The molecular formula is C34H40O20. The van der Waals surface area contributed by atoms with Crippen molar-refractivity contribution >= 4 is 22.9 Å². The Morgan fingerprint density at radius 3 is 2.15 bits per heavy atom. The highest BCUT2D eigenvalue weighted by Crippen LogP contribution is 2.43. The average molecular weight is 769 g/mol. The highest BCUT2D eigenvalue weighted by atomic mass is 16.8. The lowest BCUT2D eigenvalue weighted by atomic mass is 9.97. The van der Waals surface area contributed by atoms with Crippen LogP contribution in [-0.2, 0) is 28.5 Å². The summed E-state index contributed by atoms with van der Waals surface area (Å²) in [7, 11) is 1.15. The molecule has 0 radical (unpaired) electrons. The quantitative estimate of drug-likeness (QED) is 0.0966. The lowest BCUT2D eigenvalue weighted by Crippen LogP contribution is -2.64. The number of aliphatic carboxylic acids is 1. The molecule has 0 bridgehead atoms. The number of fused-ring (bicyclic) bond motifs is 1. The van der Waals surface area contributed by atoms with E-state index < -0.39 is 138 Å². The number of carboxylic acid groups (broad SMARTS) is 1. The number of hydrogen-bond acceptors (Lipinski definition) is 19. The summed E-state index contributed by atoms with van der Waals surface area (Å²) in [5.74, 6) is -5.61. The first kappa shape index (κ1) is 40.4. The van der Waals surface area contributed by atoms with Crippen molar-refractivity contribution in [3.05, 3.63) is 40.6 Å². The molecule has 2 aliphatic heterocycles. The number of carbonyl (C=O) groups excluding carboxylic acids is 1. The minimum atomic E-state index is -2.08. The molecule has 3 aromatic rings. The van der Waals surface area contributed by atoms with Crippen LogP contribution in [-0.4, -0.2) is 144 Å². The molecule has 54 heavy (non-hydrogen) atoms. The van der Waals surface area contributed by atoms with Crippen molar-refractivity contribution in [2.75, 3.05) is 13.7 Å². The lowest BCUT2D eigenvalue weighted by Gasteiger charge is -2.45. The van der Waals surface area contributed by atoms with Crippen molar-refractivity contribution < 1.29 is 93.5 Å². The van der Waals surface area contributed by atoms with Crippen LogP contribution < -0.4 is 14.9 Å². The maximum absolute atomic E-state index is 14.2. The Hall–Kier alpha value is -4.77. The number of carboxylic acids is 1. The van der Waals surface area contributed by atoms with Crippen LogP contribution >= 0.6 is 0 Å². The van der Waals surface area contributed by atoms with Crippen LogP contribution in [0.2, 0.25) is 0 Å². The van der Waals surface area contributed by atoms with Gasteiger partial charge in [-0.3, -0.25) is 14.4 Å². The number of ether oxygens (including phenoxy) is 6. The van der Waals surface area contributed by atoms with E-state index in [4.69, 9.17) is 37.9 Å². The fourth-order valence-electron chi connectivity index (χ4n) is 6.01. The van der Waals surface area contributed by atoms with E-state index in [0.717, 1.165) is 20.1 Å². The number of methoxy groups -OCH3 is 1. The van der Waals surface area contributed by atoms with Crippen molar-refractivity contribution in [3.63, 3.8) is 0 Å². The molecule has 0 saturated carbocycles. The maximum Gasteiger partial charge on any atom is 0.308 e. The van der Waals surface area contributed by atoms with Crippen molar-refractivity contribution in [3.8, 4) is 40.1 Å². The molecule has 20 nitrogen and oxygen atoms in total. The van der Waals surface area contributed by atoms with E-state index in [1.54, 1.807) is 0 Å². The van der Waals surface area contributed by atoms with Gasteiger partial charge in [0.25, 0.3) is 0 Å². The van der Waals surface area contributed by atoms with Gasteiger partial charge in [-0.15, -0.1) is 0 Å². The van der Waals surface area contributed by atoms with Crippen LogP contribution in [0.25, 0.3) is 22.3 Å². The second-order valence-electron chi connectivity index (χ2n) is 13.1. The third kappa shape index (κ3) is 8.31. The highest BCUT2D eigenvalue weighted by Gasteiger charge is 2.52. The standard InChI is InChI=1S/C34H40O20/c1-12-21(41)24(44)26(46)32(50-12)54-31-25(45)22(42)17(11-49-19(40)10-34(2,47)9-18(38)39)51-33(31)53-30-23(43)20-15(36)8-16(37)28(48-3)29(20)52-27(30)13-4-6-14(35)7-5-13/h4-8,12,17,21-22,24-26,31-33,35-37,41-42,44-47H,9-11H2,1-3H3,(H,38,39)/t12-,17-,21+,22-,24-,25+,26-,31-,32+,33+,34?/m1/s1. The summed E-state index contributed by atoms with van der Waals surface area (Å²) in [6.07, 6.45) is -19.5. The molecule has 11 atom stereocenters. The summed E-state index contributed by atoms with van der Waals surface area (Å²) in [6.45, 7) is 1.58. The molecule has 0 aliphatic carbocycles. The number of aliphatic hydroxyl groups excluding tert-OH is 5. The zero-order valence-corrected chi connectivity index (χ0v) is 28.8. The summed E-state index contributed by atoms with van der Waals surface area (Å²) in [6, 6.07) is 5.86. The first-order valence-electron chi connectivity index (χ1n) is 16.4. The van der Waals surface area contributed by atoms with E-state index >= 15 is 0 Å². The maximum atomic E-state index is 14.2. The van der Waals surface area contributed by atoms with Gasteiger partial charge in [0.15, 0.2) is 29.5 Å². The van der Waals surface area contributed by atoms with Gasteiger partial charge in [0.2, 0.25) is 23.2 Å². The van der Waals surface area contributed by atoms with Crippen molar-refractivity contribution in [1.29, 1.82) is 0 Å². The Labute approximate surface area is 304 Å². The largest absolute Gasteiger partial charge is 0.508 e. The molecule has 0 spiro atoms. The Morgan fingerprint density at radius 2 is 1.52 bits per heavy atom. The first-order chi connectivity index (χ1) is 25.3. The number of rotatable bonds is 12. The zero-order valence-electron chi connectivity index (χ0n) is 28.8. The number of aromatic hydroxyl groups is 3. The van der Waals surface area contributed by atoms with Crippen molar-refractivity contribution in [1.82, 2.24) is 0 Å². The van der Waals surface area contributed by atoms with Crippen LogP contribution in [0, 0.1) is 0 Å². The third-order valence-electron chi connectivity index (χ3n) is 8.82. The minimum Gasteiger partial charge on any atom is -0.508 e. The zero-order chi connectivity index (χ0) is 39.8. The van der Waals surface area contributed by atoms with Gasteiger partial charge in [-0.2, -0.15) is 0 Å². The molecule has 5 rings (SSSR count). The molecule has 2 aromatic carbocycles. The van der Waals surface area contributed by atoms with Gasteiger partial charge in [0.05, 0.1) is 31.7 Å². The predicted molar refractivity (Wildman–Crippen MR) is 176 cm³/mol. The Bertz CT molecular complexity index is 1890. The normalized spacial score (nSPS) is 29.6.